The molecule has 1 saturated heterocycles. The highest BCUT2D eigenvalue weighted by Crippen LogP contribution is 2.26. The summed E-state index contributed by atoms with van der Waals surface area (Å²) in [6.45, 7) is 2.63. The summed E-state index contributed by atoms with van der Waals surface area (Å²) >= 11 is 0. The molecule has 3 N–H and O–H groups in total. The van der Waals surface area contributed by atoms with Gasteiger partial charge in [-0.3, -0.25) is 9.59 Å². The number of aryl methyl sites for hydroxylation is 1. The molecule has 0 radical (unpaired) electrons. The summed E-state index contributed by atoms with van der Waals surface area (Å²) in [5.74, 6) is -1.54. The van der Waals surface area contributed by atoms with Crippen LogP contribution in [-0.4, -0.2) is 40.8 Å². The van der Waals surface area contributed by atoms with Gasteiger partial charge in [0.2, 0.25) is 0 Å². The molecule has 2 rings (SSSR count). The highest BCUT2D eigenvalue weighted by molar-refractivity contribution is 5.97. The Balaban J connectivity index is 2.19. The Labute approximate surface area is 122 Å². The molecule has 0 atom stereocenters. The Hall–Kier alpha value is -2.08. The van der Waals surface area contributed by atoms with Gasteiger partial charge in [0.15, 0.2) is 0 Å². The van der Waals surface area contributed by atoms with Crippen molar-refractivity contribution in [3.8, 4) is 5.75 Å². The standard InChI is InChI=1S/C15H19NO5/c1-10-2-3-11(12(17)8-10)14(20)16-15(9-13(18)19)4-6-21-7-5-15/h2-3,8,17H,4-7,9H2,1H3,(H,16,20)(H,18,19). The molecule has 0 aromatic heterocycles. The van der Waals surface area contributed by atoms with Gasteiger partial charge in [-0.1, -0.05) is 6.07 Å². The quantitative estimate of drug-likeness (QED) is 0.781. The smallest absolute Gasteiger partial charge is 0.305 e. The molecule has 6 heteroatoms. The average molecular weight is 293 g/mol. The van der Waals surface area contributed by atoms with Crippen molar-refractivity contribution in [2.24, 2.45) is 0 Å². The number of amides is 1. The molecule has 1 fully saturated rings. The van der Waals surface area contributed by atoms with E-state index in [9.17, 15) is 14.7 Å². The number of carbonyl (C=O) groups excluding carboxylic acids is 1. The number of hydrogen-bond donors (Lipinski definition) is 3. The Morgan fingerprint density at radius 1 is 1.33 bits per heavy atom. The van der Waals surface area contributed by atoms with Gasteiger partial charge in [-0.15, -0.1) is 0 Å². The summed E-state index contributed by atoms with van der Waals surface area (Å²) in [6.07, 6.45) is 0.726. The molecular weight excluding hydrogens is 274 g/mol. The van der Waals surface area contributed by atoms with E-state index in [0.717, 1.165) is 5.56 Å². The Bertz CT molecular complexity index is 549. The van der Waals surface area contributed by atoms with Crippen LogP contribution in [0.15, 0.2) is 18.2 Å². The molecule has 0 unspecified atom stereocenters. The topological polar surface area (TPSA) is 95.9 Å². The summed E-state index contributed by atoms with van der Waals surface area (Å²) in [4.78, 5) is 23.4. The number of aliphatic carboxylic acids is 1. The fraction of sp³-hybridized carbons (Fsp3) is 0.467. The fourth-order valence-corrected chi connectivity index (χ4v) is 2.54. The van der Waals surface area contributed by atoms with E-state index in [1.54, 1.807) is 6.07 Å². The van der Waals surface area contributed by atoms with E-state index >= 15 is 0 Å². The van der Waals surface area contributed by atoms with Crippen molar-refractivity contribution in [3.63, 3.8) is 0 Å². The molecule has 1 aliphatic rings. The first-order chi connectivity index (χ1) is 9.92. The van der Waals surface area contributed by atoms with Gasteiger partial charge in [-0.2, -0.15) is 0 Å². The number of benzene rings is 1. The minimum atomic E-state index is -0.967. The van der Waals surface area contributed by atoms with Crippen LogP contribution < -0.4 is 5.32 Å². The van der Waals surface area contributed by atoms with Crippen molar-refractivity contribution in [1.82, 2.24) is 5.32 Å². The van der Waals surface area contributed by atoms with Crippen LogP contribution in [0.2, 0.25) is 0 Å². The molecule has 0 aliphatic carbocycles. The fourth-order valence-electron chi connectivity index (χ4n) is 2.54. The maximum Gasteiger partial charge on any atom is 0.305 e. The highest BCUT2D eigenvalue weighted by Gasteiger charge is 2.37. The lowest BCUT2D eigenvalue weighted by Gasteiger charge is -2.36. The maximum atomic E-state index is 12.3. The van der Waals surface area contributed by atoms with Crippen molar-refractivity contribution in [1.29, 1.82) is 0 Å². The van der Waals surface area contributed by atoms with Gasteiger partial charge in [0.25, 0.3) is 5.91 Å². The SMILES string of the molecule is Cc1ccc(C(=O)NC2(CC(=O)O)CCOCC2)c(O)c1. The number of rotatable bonds is 4. The molecule has 114 valence electrons. The average Bonchev–Trinajstić information content (AvgIpc) is 2.38. The van der Waals surface area contributed by atoms with Crippen molar-refractivity contribution in [2.45, 2.75) is 31.7 Å². The summed E-state index contributed by atoms with van der Waals surface area (Å²) in [5.41, 5.74) is 0.172. The summed E-state index contributed by atoms with van der Waals surface area (Å²) < 4.78 is 5.24. The number of phenolic OH excluding ortho intramolecular Hbond substituents is 1. The third-order valence-corrected chi connectivity index (χ3v) is 3.72. The molecule has 0 spiro atoms. The molecule has 0 saturated carbocycles. The number of aromatic hydroxyl groups is 1. The molecule has 1 aromatic rings. The number of phenols is 1. The molecule has 21 heavy (non-hydrogen) atoms. The molecule has 1 amide bonds. The van der Waals surface area contributed by atoms with Gasteiger partial charge in [-0.05, 0) is 37.5 Å². The number of carboxylic acids is 1. The van der Waals surface area contributed by atoms with E-state index in [0.29, 0.717) is 26.1 Å². The normalized spacial score (nSPS) is 17.2. The van der Waals surface area contributed by atoms with Crippen LogP contribution in [0.3, 0.4) is 0 Å². The predicted molar refractivity (Wildman–Crippen MR) is 75.3 cm³/mol. The Morgan fingerprint density at radius 2 is 2.00 bits per heavy atom. The molecule has 0 bridgehead atoms. The Morgan fingerprint density at radius 3 is 2.57 bits per heavy atom. The lowest BCUT2D eigenvalue weighted by molar-refractivity contribution is -0.139. The van der Waals surface area contributed by atoms with Crippen molar-refractivity contribution >= 4 is 11.9 Å². The first-order valence-electron chi connectivity index (χ1n) is 6.84. The molecule has 6 nitrogen and oxygen atoms in total. The summed E-state index contributed by atoms with van der Waals surface area (Å²) in [5, 5.41) is 21.7. The van der Waals surface area contributed by atoms with Crippen LogP contribution >= 0.6 is 0 Å². The molecule has 1 aliphatic heterocycles. The van der Waals surface area contributed by atoms with Crippen molar-refractivity contribution < 1.29 is 24.5 Å². The predicted octanol–water partition coefficient (Wildman–Crippen LogP) is 1.45. The number of nitrogens with one attached hydrogen (secondary N) is 1. The zero-order valence-electron chi connectivity index (χ0n) is 11.9. The molecular formula is C15H19NO5. The number of carboxylic acid groups (broad SMARTS) is 1. The van der Waals surface area contributed by atoms with E-state index in [-0.39, 0.29) is 17.7 Å². The van der Waals surface area contributed by atoms with Gasteiger partial charge in [0.1, 0.15) is 5.75 Å². The van der Waals surface area contributed by atoms with Gasteiger partial charge in [0.05, 0.1) is 17.5 Å². The zero-order valence-corrected chi connectivity index (χ0v) is 11.9. The van der Waals surface area contributed by atoms with E-state index < -0.39 is 17.4 Å². The third kappa shape index (κ3) is 3.72. The number of carbonyl (C=O) groups is 2. The second kappa shape index (κ2) is 6.13. The molecule has 1 aromatic carbocycles. The van der Waals surface area contributed by atoms with Gasteiger partial charge in [0, 0.05) is 13.2 Å². The van der Waals surface area contributed by atoms with Crippen LogP contribution in [0.5, 0.6) is 5.75 Å². The second-order valence-electron chi connectivity index (χ2n) is 5.44. The van der Waals surface area contributed by atoms with Crippen LogP contribution in [-0.2, 0) is 9.53 Å². The molecule has 1 heterocycles. The van der Waals surface area contributed by atoms with E-state index in [4.69, 9.17) is 9.84 Å². The third-order valence-electron chi connectivity index (χ3n) is 3.72. The summed E-state index contributed by atoms with van der Waals surface area (Å²) in [7, 11) is 0. The minimum Gasteiger partial charge on any atom is -0.507 e. The number of ether oxygens (including phenoxy) is 1. The van der Waals surface area contributed by atoms with Crippen LogP contribution in [0.1, 0.15) is 35.2 Å². The summed E-state index contributed by atoms with van der Waals surface area (Å²) in [6, 6.07) is 4.76. The van der Waals surface area contributed by atoms with Crippen LogP contribution in [0.25, 0.3) is 0 Å². The van der Waals surface area contributed by atoms with E-state index in [2.05, 4.69) is 5.32 Å². The van der Waals surface area contributed by atoms with Crippen molar-refractivity contribution in [3.05, 3.63) is 29.3 Å². The van der Waals surface area contributed by atoms with Crippen molar-refractivity contribution in [2.75, 3.05) is 13.2 Å². The monoisotopic (exact) mass is 293 g/mol. The second-order valence-corrected chi connectivity index (χ2v) is 5.44. The zero-order chi connectivity index (χ0) is 15.5. The Kier molecular flexibility index (Phi) is 4.47. The van der Waals surface area contributed by atoms with Gasteiger partial charge < -0.3 is 20.3 Å². The maximum absolute atomic E-state index is 12.3. The largest absolute Gasteiger partial charge is 0.507 e. The van der Waals surface area contributed by atoms with Crippen LogP contribution in [0, 0.1) is 6.92 Å². The lowest BCUT2D eigenvalue weighted by atomic mass is 9.86. The first-order valence-corrected chi connectivity index (χ1v) is 6.84. The minimum absolute atomic E-state index is 0.106. The van der Waals surface area contributed by atoms with Gasteiger partial charge in [-0.25, -0.2) is 0 Å². The van der Waals surface area contributed by atoms with E-state index in [1.807, 2.05) is 6.92 Å². The van der Waals surface area contributed by atoms with Crippen LogP contribution in [0.4, 0.5) is 0 Å². The first kappa shape index (κ1) is 15.3. The lowest BCUT2D eigenvalue weighted by Crippen LogP contribution is -2.53. The highest BCUT2D eigenvalue weighted by atomic mass is 16.5. The van der Waals surface area contributed by atoms with E-state index in [1.165, 1.54) is 12.1 Å². The number of hydrogen-bond acceptors (Lipinski definition) is 4. The van der Waals surface area contributed by atoms with Gasteiger partial charge >= 0.3 is 5.97 Å².